The molecule has 2 aromatic rings. The minimum Gasteiger partial charge on any atom is -0.356 e. The lowest BCUT2D eigenvalue weighted by atomic mass is 10.1. The maximum atomic E-state index is 12.3. The van der Waals surface area contributed by atoms with Gasteiger partial charge in [-0.05, 0) is 25.8 Å². The molecule has 0 bridgehead atoms. The Kier molecular flexibility index (Phi) is 5.80. The average molecular weight is 344 g/mol. The number of thiazole rings is 1. The number of aromatic nitrogens is 2. The third kappa shape index (κ3) is 4.12. The van der Waals surface area contributed by atoms with Crippen molar-refractivity contribution in [1.29, 1.82) is 0 Å². The summed E-state index contributed by atoms with van der Waals surface area (Å²) < 4.78 is 0. The number of rotatable bonds is 4. The van der Waals surface area contributed by atoms with Crippen molar-refractivity contribution in [2.75, 3.05) is 18.0 Å². The van der Waals surface area contributed by atoms with Gasteiger partial charge in [-0.15, -0.1) is 11.3 Å². The molecule has 1 fully saturated rings. The predicted octanol–water partition coefficient (Wildman–Crippen LogP) is 3.55. The molecule has 3 heterocycles. The van der Waals surface area contributed by atoms with E-state index in [0.29, 0.717) is 11.4 Å². The first-order chi connectivity index (χ1) is 11.8. The summed E-state index contributed by atoms with van der Waals surface area (Å²) in [5.41, 5.74) is 3.57. The number of amides is 1. The zero-order valence-corrected chi connectivity index (χ0v) is 14.9. The second kappa shape index (κ2) is 8.24. The number of nitrogens with zero attached hydrogens (tertiary/aromatic N) is 3. The molecule has 128 valence electrons. The van der Waals surface area contributed by atoms with Crippen molar-refractivity contribution in [3.05, 3.63) is 40.0 Å². The fourth-order valence-corrected chi connectivity index (χ4v) is 3.81. The van der Waals surface area contributed by atoms with Crippen LogP contribution in [0.5, 0.6) is 0 Å². The number of anilines is 1. The second-order valence-electron chi connectivity index (χ2n) is 6.19. The Morgan fingerprint density at radius 2 is 1.96 bits per heavy atom. The van der Waals surface area contributed by atoms with Crippen LogP contribution in [0.25, 0.3) is 0 Å². The van der Waals surface area contributed by atoms with Crippen molar-refractivity contribution in [1.82, 2.24) is 15.3 Å². The minimum absolute atomic E-state index is 0.0579. The summed E-state index contributed by atoms with van der Waals surface area (Å²) in [5, 5.41) is 3.01. The van der Waals surface area contributed by atoms with E-state index in [1.807, 2.05) is 19.2 Å². The minimum atomic E-state index is -0.0579. The van der Waals surface area contributed by atoms with Gasteiger partial charge in [0.25, 0.3) is 5.91 Å². The molecule has 1 aliphatic heterocycles. The van der Waals surface area contributed by atoms with Gasteiger partial charge in [-0.25, -0.2) is 9.97 Å². The standard InChI is InChI=1S/C18H24N4OS/c1-14-16(24-13-21-14)18(23)20-12-15-8-7-9-19-17(15)22-10-5-3-2-4-6-11-22/h7-9,13H,2-6,10-12H2,1H3,(H,20,23). The molecule has 0 radical (unpaired) electrons. The Morgan fingerprint density at radius 3 is 2.67 bits per heavy atom. The quantitative estimate of drug-likeness (QED) is 0.921. The molecule has 0 saturated carbocycles. The van der Waals surface area contributed by atoms with E-state index in [2.05, 4.69) is 26.3 Å². The zero-order chi connectivity index (χ0) is 16.8. The van der Waals surface area contributed by atoms with E-state index in [0.717, 1.165) is 30.2 Å². The van der Waals surface area contributed by atoms with Crippen molar-refractivity contribution in [3.8, 4) is 0 Å². The van der Waals surface area contributed by atoms with Crippen molar-refractivity contribution >= 4 is 23.1 Å². The van der Waals surface area contributed by atoms with E-state index in [1.54, 1.807) is 5.51 Å². The van der Waals surface area contributed by atoms with Crippen molar-refractivity contribution in [3.63, 3.8) is 0 Å². The average Bonchev–Trinajstić information content (AvgIpc) is 2.99. The first-order valence-electron chi connectivity index (χ1n) is 8.63. The van der Waals surface area contributed by atoms with E-state index in [-0.39, 0.29) is 5.91 Å². The van der Waals surface area contributed by atoms with Gasteiger partial charge in [-0.2, -0.15) is 0 Å². The molecule has 1 aliphatic rings. The lowest BCUT2D eigenvalue weighted by molar-refractivity contribution is 0.0954. The highest BCUT2D eigenvalue weighted by molar-refractivity contribution is 7.11. The van der Waals surface area contributed by atoms with Crippen LogP contribution in [-0.4, -0.2) is 29.0 Å². The fourth-order valence-electron chi connectivity index (χ4n) is 3.09. The Morgan fingerprint density at radius 1 is 1.21 bits per heavy atom. The molecule has 1 amide bonds. The summed E-state index contributed by atoms with van der Waals surface area (Å²) >= 11 is 1.38. The highest BCUT2D eigenvalue weighted by Crippen LogP contribution is 2.21. The van der Waals surface area contributed by atoms with Gasteiger partial charge in [0.15, 0.2) is 0 Å². The largest absolute Gasteiger partial charge is 0.356 e. The monoisotopic (exact) mass is 344 g/mol. The van der Waals surface area contributed by atoms with E-state index >= 15 is 0 Å². The van der Waals surface area contributed by atoms with Gasteiger partial charge >= 0.3 is 0 Å². The van der Waals surface area contributed by atoms with Crippen molar-refractivity contribution in [2.45, 2.75) is 45.6 Å². The lowest BCUT2D eigenvalue weighted by Gasteiger charge is -2.27. The smallest absolute Gasteiger partial charge is 0.263 e. The molecule has 0 atom stereocenters. The van der Waals surface area contributed by atoms with Gasteiger partial charge in [0, 0.05) is 31.4 Å². The number of nitrogens with one attached hydrogen (secondary N) is 1. The number of carbonyl (C=O) groups is 1. The summed E-state index contributed by atoms with van der Waals surface area (Å²) in [6, 6.07) is 3.99. The lowest BCUT2D eigenvalue weighted by Crippen LogP contribution is -2.30. The summed E-state index contributed by atoms with van der Waals surface area (Å²) in [5.74, 6) is 0.957. The van der Waals surface area contributed by atoms with Crippen LogP contribution in [0.15, 0.2) is 23.8 Å². The Balaban J connectivity index is 1.69. The molecule has 0 aromatic carbocycles. The summed E-state index contributed by atoms with van der Waals surface area (Å²) in [4.78, 5) is 24.1. The first-order valence-corrected chi connectivity index (χ1v) is 9.51. The van der Waals surface area contributed by atoms with Gasteiger partial charge in [-0.3, -0.25) is 4.79 Å². The number of hydrogen-bond acceptors (Lipinski definition) is 5. The molecule has 1 saturated heterocycles. The maximum absolute atomic E-state index is 12.3. The van der Waals surface area contributed by atoms with Crippen LogP contribution in [0.4, 0.5) is 5.82 Å². The third-order valence-corrected chi connectivity index (χ3v) is 5.34. The number of aryl methyl sites for hydroxylation is 1. The van der Waals surface area contributed by atoms with Gasteiger partial charge in [0.05, 0.1) is 11.2 Å². The SMILES string of the molecule is Cc1ncsc1C(=O)NCc1cccnc1N1CCCCCCC1. The van der Waals surface area contributed by atoms with E-state index < -0.39 is 0 Å². The zero-order valence-electron chi connectivity index (χ0n) is 14.1. The Hall–Kier alpha value is -1.95. The summed E-state index contributed by atoms with van der Waals surface area (Å²) in [6.45, 7) is 4.45. The van der Waals surface area contributed by atoms with Crippen LogP contribution < -0.4 is 10.2 Å². The summed E-state index contributed by atoms with van der Waals surface area (Å²) in [7, 11) is 0. The number of hydrogen-bond donors (Lipinski definition) is 1. The predicted molar refractivity (Wildman–Crippen MR) is 97.6 cm³/mol. The molecule has 0 unspecified atom stereocenters. The Bertz CT molecular complexity index is 677. The molecular formula is C18H24N4OS. The number of carbonyl (C=O) groups excluding carboxylic acids is 1. The van der Waals surface area contributed by atoms with Crippen LogP contribution in [0.3, 0.4) is 0 Å². The molecular weight excluding hydrogens is 320 g/mol. The third-order valence-electron chi connectivity index (χ3n) is 4.41. The van der Waals surface area contributed by atoms with Crippen molar-refractivity contribution < 1.29 is 4.79 Å². The summed E-state index contributed by atoms with van der Waals surface area (Å²) in [6.07, 6.45) is 8.19. The molecule has 1 N–H and O–H groups in total. The van der Waals surface area contributed by atoms with Gasteiger partial charge in [0.2, 0.25) is 0 Å². The highest BCUT2D eigenvalue weighted by atomic mass is 32.1. The normalized spacial score (nSPS) is 15.6. The second-order valence-corrected chi connectivity index (χ2v) is 7.05. The molecule has 24 heavy (non-hydrogen) atoms. The molecule has 2 aromatic heterocycles. The van der Waals surface area contributed by atoms with Crippen LogP contribution >= 0.6 is 11.3 Å². The molecule has 5 nitrogen and oxygen atoms in total. The molecule has 6 heteroatoms. The van der Waals surface area contributed by atoms with Crippen LogP contribution in [0.2, 0.25) is 0 Å². The molecule has 0 spiro atoms. The van der Waals surface area contributed by atoms with Crippen LogP contribution in [0, 0.1) is 6.92 Å². The van der Waals surface area contributed by atoms with Crippen LogP contribution in [-0.2, 0) is 6.54 Å². The van der Waals surface area contributed by atoms with E-state index in [9.17, 15) is 4.79 Å². The van der Waals surface area contributed by atoms with Crippen molar-refractivity contribution in [2.24, 2.45) is 0 Å². The highest BCUT2D eigenvalue weighted by Gasteiger charge is 2.16. The first kappa shape index (κ1) is 16.9. The fraction of sp³-hybridized carbons (Fsp3) is 0.500. The number of pyridine rings is 1. The van der Waals surface area contributed by atoms with Gasteiger partial charge < -0.3 is 10.2 Å². The molecule has 0 aliphatic carbocycles. The van der Waals surface area contributed by atoms with Crippen LogP contribution in [0.1, 0.15) is 53.0 Å². The van der Waals surface area contributed by atoms with E-state index in [1.165, 1.54) is 43.4 Å². The topological polar surface area (TPSA) is 58.1 Å². The maximum Gasteiger partial charge on any atom is 0.263 e. The van der Waals surface area contributed by atoms with Gasteiger partial charge in [0.1, 0.15) is 10.7 Å². The van der Waals surface area contributed by atoms with E-state index in [4.69, 9.17) is 0 Å². The Labute approximate surface area is 147 Å². The molecule has 3 rings (SSSR count). The van der Waals surface area contributed by atoms with Gasteiger partial charge in [-0.1, -0.05) is 25.3 Å².